The molecule has 2 aromatic carbocycles. The molecule has 1 amide bonds. The predicted octanol–water partition coefficient (Wildman–Crippen LogP) is 4.66. The van der Waals surface area contributed by atoms with Crippen molar-refractivity contribution in [2.24, 2.45) is 5.92 Å². The second-order valence-corrected chi connectivity index (χ2v) is 9.48. The van der Waals surface area contributed by atoms with Gasteiger partial charge < -0.3 is 14.4 Å². The van der Waals surface area contributed by atoms with Crippen LogP contribution >= 0.6 is 0 Å². The van der Waals surface area contributed by atoms with Gasteiger partial charge in [-0.15, -0.1) is 10.2 Å². The molecule has 166 valence electrons. The van der Waals surface area contributed by atoms with E-state index in [-0.39, 0.29) is 17.8 Å². The second kappa shape index (κ2) is 7.24. The Morgan fingerprint density at radius 1 is 1.16 bits per heavy atom. The molecule has 1 fully saturated rings. The molecule has 0 saturated heterocycles. The molecule has 1 aliphatic heterocycles. The Bertz CT molecular complexity index is 1220. The first kappa shape index (κ1) is 20.8. The summed E-state index contributed by atoms with van der Waals surface area (Å²) >= 11 is 0. The molecule has 2 heterocycles. The van der Waals surface area contributed by atoms with Crippen LogP contribution in [0.5, 0.6) is 0 Å². The van der Waals surface area contributed by atoms with E-state index in [4.69, 9.17) is 4.42 Å². The van der Waals surface area contributed by atoms with Crippen LogP contribution < -0.4 is 0 Å². The van der Waals surface area contributed by atoms with Crippen molar-refractivity contribution in [2.45, 2.75) is 58.7 Å². The Morgan fingerprint density at radius 3 is 2.53 bits per heavy atom. The van der Waals surface area contributed by atoms with Gasteiger partial charge in [0.25, 0.3) is 5.91 Å². The van der Waals surface area contributed by atoms with Crippen molar-refractivity contribution in [2.75, 3.05) is 0 Å². The first-order valence-corrected chi connectivity index (χ1v) is 10.9. The van der Waals surface area contributed by atoms with E-state index in [1.54, 1.807) is 37.8 Å². The van der Waals surface area contributed by atoms with Crippen molar-refractivity contribution in [1.29, 1.82) is 0 Å². The zero-order chi connectivity index (χ0) is 22.8. The minimum absolute atomic E-state index is 0.150. The molecule has 1 aliphatic carbocycles. The molecule has 1 aromatic heterocycles. The third kappa shape index (κ3) is 3.41. The zero-order valence-corrected chi connectivity index (χ0v) is 18.6. The van der Waals surface area contributed by atoms with E-state index < -0.39 is 11.4 Å². The number of hydrogen-bond acceptors (Lipinski definition) is 5. The number of hydrogen-bond donors (Lipinski definition) is 1. The van der Waals surface area contributed by atoms with Gasteiger partial charge in [0.2, 0.25) is 11.8 Å². The van der Waals surface area contributed by atoms with E-state index in [1.165, 1.54) is 6.07 Å². The fourth-order valence-electron chi connectivity index (χ4n) is 4.98. The fraction of sp³-hybridized carbons (Fsp3) is 0.400. The van der Waals surface area contributed by atoms with E-state index in [0.717, 1.165) is 24.0 Å². The number of rotatable bonds is 5. The molecular weight excluding hydrogens is 409 g/mol. The number of aliphatic hydroxyl groups is 1. The van der Waals surface area contributed by atoms with E-state index in [0.29, 0.717) is 40.6 Å². The van der Waals surface area contributed by atoms with Gasteiger partial charge in [0, 0.05) is 24.6 Å². The number of benzene rings is 2. The van der Waals surface area contributed by atoms with Crippen LogP contribution in [0.1, 0.15) is 54.1 Å². The maximum Gasteiger partial charge on any atom is 0.255 e. The zero-order valence-electron chi connectivity index (χ0n) is 18.6. The quantitative estimate of drug-likeness (QED) is 0.630. The van der Waals surface area contributed by atoms with Crippen LogP contribution in [-0.4, -0.2) is 37.8 Å². The first-order valence-electron chi connectivity index (χ1n) is 10.9. The van der Waals surface area contributed by atoms with Crippen molar-refractivity contribution in [3.05, 3.63) is 58.7 Å². The molecule has 0 spiro atoms. The van der Waals surface area contributed by atoms with Gasteiger partial charge in [-0.2, -0.15) is 0 Å². The van der Waals surface area contributed by atoms with Crippen molar-refractivity contribution < 1.29 is 18.7 Å². The molecule has 5 rings (SSSR count). The highest BCUT2D eigenvalue weighted by Crippen LogP contribution is 2.44. The van der Waals surface area contributed by atoms with Gasteiger partial charge in [0.15, 0.2) is 0 Å². The number of nitrogens with zero attached hydrogens (tertiary/aromatic N) is 3. The molecule has 0 unspecified atom stereocenters. The summed E-state index contributed by atoms with van der Waals surface area (Å²) in [5.74, 6) is 0.370. The predicted molar refractivity (Wildman–Crippen MR) is 117 cm³/mol. The van der Waals surface area contributed by atoms with Gasteiger partial charge in [-0.3, -0.25) is 4.79 Å². The summed E-state index contributed by atoms with van der Waals surface area (Å²) in [6, 6.07) is 8.40. The molecule has 32 heavy (non-hydrogen) atoms. The summed E-state index contributed by atoms with van der Waals surface area (Å²) in [7, 11) is 0. The van der Waals surface area contributed by atoms with Gasteiger partial charge in [0.1, 0.15) is 5.82 Å². The highest BCUT2D eigenvalue weighted by molar-refractivity contribution is 6.05. The summed E-state index contributed by atoms with van der Waals surface area (Å²) in [6.45, 7) is 7.48. The van der Waals surface area contributed by atoms with Crippen molar-refractivity contribution in [1.82, 2.24) is 15.1 Å². The third-order valence-corrected chi connectivity index (χ3v) is 6.45. The van der Waals surface area contributed by atoms with E-state index in [1.807, 2.05) is 19.1 Å². The molecule has 2 aliphatic rings. The van der Waals surface area contributed by atoms with Crippen molar-refractivity contribution in [3.8, 4) is 22.6 Å². The first-order chi connectivity index (χ1) is 15.1. The Hall–Kier alpha value is -3.06. The standard InChI is InChI=1S/C25H26FN3O3/c1-13-10-19(20(26)11-18(13)23-28-27-14(2)32-23)17-7-5-6-16-12-29(24(30)21(16)17)22(15-8-9-15)25(3,4)31/h5-7,10-11,15,22,31H,8-9,12H2,1-4H3/t22-/m1/s1. The van der Waals surface area contributed by atoms with Gasteiger partial charge in [-0.05, 0) is 68.4 Å². The molecule has 0 bridgehead atoms. The van der Waals surface area contributed by atoms with Crippen LogP contribution in [0.2, 0.25) is 0 Å². The lowest BCUT2D eigenvalue weighted by molar-refractivity contribution is -0.0224. The van der Waals surface area contributed by atoms with Crippen LogP contribution in [0.15, 0.2) is 34.7 Å². The molecule has 0 radical (unpaired) electrons. The number of amides is 1. The minimum Gasteiger partial charge on any atom is -0.421 e. The van der Waals surface area contributed by atoms with E-state index in [9.17, 15) is 9.90 Å². The molecule has 7 heteroatoms. The van der Waals surface area contributed by atoms with E-state index >= 15 is 4.39 Å². The molecule has 3 aromatic rings. The van der Waals surface area contributed by atoms with Gasteiger partial charge in [0.05, 0.1) is 17.2 Å². The lowest BCUT2D eigenvalue weighted by Crippen LogP contribution is -2.51. The van der Waals surface area contributed by atoms with Crippen LogP contribution in [-0.2, 0) is 6.54 Å². The Balaban J connectivity index is 1.57. The summed E-state index contributed by atoms with van der Waals surface area (Å²) in [4.78, 5) is 15.3. The topological polar surface area (TPSA) is 79.5 Å². The van der Waals surface area contributed by atoms with Gasteiger partial charge >= 0.3 is 0 Å². The smallest absolute Gasteiger partial charge is 0.255 e. The van der Waals surface area contributed by atoms with Crippen LogP contribution in [0.25, 0.3) is 22.6 Å². The van der Waals surface area contributed by atoms with Crippen LogP contribution in [0, 0.1) is 25.6 Å². The largest absolute Gasteiger partial charge is 0.421 e. The molecular formula is C25H26FN3O3. The number of aromatic nitrogens is 2. The lowest BCUT2D eigenvalue weighted by Gasteiger charge is -2.37. The summed E-state index contributed by atoms with van der Waals surface area (Å²) < 4.78 is 20.8. The summed E-state index contributed by atoms with van der Waals surface area (Å²) in [5.41, 5.74) is 2.60. The Morgan fingerprint density at radius 2 is 1.91 bits per heavy atom. The molecule has 1 N–H and O–H groups in total. The maximum atomic E-state index is 15.3. The third-order valence-electron chi connectivity index (χ3n) is 6.45. The Kier molecular flexibility index (Phi) is 4.71. The molecule has 6 nitrogen and oxygen atoms in total. The van der Waals surface area contributed by atoms with Crippen molar-refractivity contribution in [3.63, 3.8) is 0 Å². The maximum absolute atomic E-state index is 15.3. The number of carbonyl (C=O) groups excluding carboxylic acids is 1. The average Bonchev–Trinajstić information content (AvgIpc) is 3.36. The molecule has 1 saturated carbocycles. The number of carbonyl (C=O) groups is 1. The average molecular weight is 435 g/mol. The summed E-state index contributed by atoms with van der Waals surface area (Å²) in [6.07, 6.45) is 2.01. The van der Waals surface area contributed by atoms with Crippen molar-refractivity contribution >= 4 is 5.91 Å². The second-order valence-electron chi connectivity index (χ2n) is 9.48. The monoisotopic (exact) mass is 435 g/mol. The number of aryl methyl sites for hydroxylation is 2. The summed E-state index contributed by atoms with van der Waals surface area (Å²) in [5, 5.41) is 18.6. The van der Waals surface area contributed by atoms with Gasteiger partial charge in [-0.1, -0.05) is 18.2 Å². The van der Waals surface area contributed by atoms with E-state index in [2.05, 4.69) is 10.2 Å². The highest BCUT2D eigenvalue weighted by atomic mass is 19.1. The normalized spacial score (nSPS) is 17.1. The number of fused-ring (bicyclic) bond motifs is 1. The van der Waals surface area contributed by atoms with Crippen LogP contribution in [0.3, 0.4) is 0 Å². The Labute approximate surface area is 186 Å². The fourth-order valence-corrected chi connectivity index (χ4v) is 4.98. The van der Waals surface area contributed by atoms with Crippen LogP contribution in [0.4, 0.5) is 4.39 Å². The molecule has 1 atom stereocenters. The number of halogens is 1. The lowest BCUT2D eigenvalue weighted by atomic mass is 9.92. The SMILES string of the molecule is Cc1nnc(-c2cc(F)c(-c3cccc4c3C(=O)N([C@H](C3CC3)C(C)(C)O)C4)cc2C)o1. The highest BCUT2D eigenvalue weighted by Gasteiger charge is 2.48. The van der Waals surface area contributed by atoms with Gasteiger partial charge in [-0.25, -0.2) is 4.39 Å². The minimum atomic E-state index is -1.01.